The molecule has 0 saturated carbocycles. The highest BCUT2D eigenvalue weighted by molar-refractivity contribution is 9.10. The van der Waals surface area contributed by atoms with Crippen LogP contribution in [0.25, 0.3) is 5.70 Å². The van der Waals surface area contributed by atoms with Crippen molar-refractivity contribution in [1.29, 1.82) is 0 Å². The van der Waals surface area contributed by atoms with Crippen LogP contribution in [0.4, 0.5) is 5.95 Å². The number of aromatic nitrogens is 4. The maximum Gasteiger partial charge on any atom is 0.248 e. The molecule has 1 atom stereocenters. The molecule has 0 spiro atoms. The van der Waals surface area contributed by atoms with E-state index >= 15 is 0 Å². The zero-order valence-electron chi connectivity index (χ0n) is 13.1. The SMILES string of the molecule is CCc1ccc([C@@H]2C=C(c3ccc(Br)cc3)Nc3nnnn32)cc1. The van der Waals surface area contributed by atoms with E-state index in [0.29, 0.717) is 5.95 Å². The Morgan fingerprint density at radius 1 is 1.08 bits per heavy atom. The quantitative estimate of drug-likeness (QED) is 0.743. The molecule has 120 valence electrons. The predicted molar refractivity (Wildman–Crippen MR) is 97.5 cm³/mol. The molecule has 0 bridgehead atoms. The first-order valence-electron chi connectivity index (χ1n) is 7.86. The summed E-state index contributed by atoms with van der Waals surface area (Å²) in [5.41, 5.74) is 4.59. The maximum atomic E-state index is 4.14. The molecule has 2 heterocycles. The number of allylic oxidation sites excluding steroid dienone is 1. The number of nitrogens with one attached hydrogen (secondary N) is 1. The third kappa shape index (κ3) is 2.73. The Morgan fingerprint density at radius 3 is 2.54 bits per heavy atom. The standard InChI is InChI=1S/C18H16BrN5/c1-2-12-3-5-14(6-4-12)17-11-16(13-7-9-15(19)10-8-13)20-18-21-22-23-24(17)18/h3-11,17H,2H2,1H3,(H,20,21,23)/t17-/m0/s1. The molecule has 0 saturated heterocycles. The molecule has 6 heteroatoms. The van der Waals surface area contributed by atoms with Crippen molar-refractivity contribution in [2.24, 2.45) is 0 Å². The zero-order valence-corrected chi connectivity index (χ0v) is 14.7. The molecule has 0 fully saturated rings. The Morgan fingerprint density at radius 2 is 1.83 bits per heavy atom. The number of halogens is 1. The zero-order chi connectivity index (χ0) is 16.5. The second-order valence-electron chi connectivity index (χ2n) is 5.70. The van der Waals surface area contributed by atoms with Gasteiger partial charge in [0.25, 0.3) is 0 Å². The molecule has 5 nitrogen and oxygen atoms in total. The first-order valence-corrected chi connectivity index (χ1v) is 8.65. The van der Waals surface area contributed by atoms with Crippen LogP contribution in [0.15, 0.2) is 59.1 Å². The molecule has 0 aliphatic carbocycles. The monoisotopic (exact) mass is 381 g/mol. The molecular weight excluding hydrogens is 366 g/mol. The second-order valence-corrected chi connectivity index (χ2v) is 6.61. The number of benzene rings is 2. The van der Waals surface area contributed by atoms with Gasteiger partial charge < -0.3 is 5.32 Å². The van der Waals surface area contributed by atoms with Gasteiger partial charge in [0.2, 0.25) is 5.95 Å². The largest absolute Gasteiger partial charge is 0.323 e. The molecule has 3 aromatic rings. The first kappa shape index (κ1) is 15.1. The van der Waals surface area contributed by atoms with Gasteiger partial charge in [0.05, 0.1) is 0 Å². The minimum Gasteiger partial charge on any atom is -0.323 e. The number of anilines is 1. The van der Waals surface area contributed by atoms with Gasteiger partial charge in [0.15, 0.2) is 0 Å². The third-order valence-electron chi connectivity index (χ3n) is 4.21. The van der Waals surface area contributed by atoms with Gasteiger partial charge in [0, 0.05) is 10.2 Å². The van der Waals surface area contributed by atoms with Crippen LogP contribution in [-0.2, 0) is 6.42 Å². The summed E-state index contributed by atoms with van der Waals surface area (Å²) in [6.07, 6.45) is 3.19. The normalized spacial score (nSPS) is 16.2. The van der Waals surface area contributed by atoms with Crippen LogP contribution in [-0.4, -0.2) is 20.2 Å². The number of aryl methyl sites for hydroxylation is 1. The van der Waals surface area contributed by atoms with Crippen molar-refractivity contribution in [3.8, 4) is 0 Å². The molecule has 2 aromatic carbocycles. The fourth-order valence-electron chi connectivity index (χ4n) is 2.84. The molecule has 1 N–H and O–H groups in total. The molecule has 1 aromatic heterocycles. The van der Waals surface area contributed by atoms with Crippen LogP contribution >= 0.6 is 15.9 Å². The van der Waals surface area contributed by atoms with E-state index in [4.69, 9.17) is 0 Å². The fraction of sp³-hybridized carbons (Fsp3) is 0.167. The highest BCUT2D eigenvalue weighted by Gasteiger charge is 2.24. The molecule has 0 radical (unpaired) electrons. The minimum absolute atomic E-state index is 0.0270. The van der Waals surface area contributed by atoms with Crippen molar-refractivity contribution in [2.45, 2.75) is 19.4 Å². The van der Waals surface area contributed by atoms with E-state index < -0.39 is 0 Å². The number of hydrogen-bond donors (Lipinski definition) is 1. The van der Waals surface area contributed by atoms with Crippen molar-refractivity contribution >= 4 is 27.6 Å². The molecule has 1 aliphatic rings. The molecule has 4 rings (SSSR count). The van der Waals surface area contributed by atoms with Crippen LogP contribution in [0.1, 0.15) is 29.7 Å². The summed E-state index contributed by atoms with van der Waals surface area (Å²) in [7, 11) is 0. The molecular formula is C18H16BrN5. The molecule has 0 amide bonds. The highest BCUT2D eigenvalue weighted by atomic mass is 79.9. The van der Waals surface area contributed by atoms with Gasteiger partial charge in [-0.1, -0.05) is 64.4 Å². The van der Waals surface area contributed by atoms with Gasteiger partial charge in [-0.15, -0.1) is 0 Å². The number of hydrogen-bond acceptors (Lipinski definition) is 4. The van der Waals surface area contributed by atoms with Crippen molar-refractivity contribution in [1.82, 2.24) is 20.2 Å². The minimum atomic E-state index is -0.0270. The van der Waals surface area contributed by atoms with E-state index in [2.05, 4.69) is 86.2 Å². The lowest BCUT2D eigenvalue weighted by molar-refractivity contribution is 0.585. The van der Waals surface area contributed by atoms with Gasteiger partial charge in [-0.25, -0.2) is 0 Å². The summed E-state index contributed by atoms with van der Waals surface area (Å²) in [6, 6.07) is 16.8. The van der Waals surface area contributed by atoms with Crippen molar-refractivity contribution in [3.05, 3.63) is 75.8 Å². The average molecular weight is 382 g/mol. The Labute approximate surface area is 148 Å². The fourth-order valence-corrected chi connectivity index (χ4v) is 3.10. The Balaban J connectivity index is 1.77. The van der Waals surface area contributed by atoms with E-state index in [1.165, 1.54) is 5.56 Å². The average Bonchev–Trinajstić information content (AvgIpc) is 3.10. The predicted octanol–water partition coefficient (Wildman–Crippen LogP) is 4.05. The lowest BCUT2D eigenvalue weighted by atomic mass is 10.00. The summed E-state index contributed by atoms with van der Waals surface area (Å²) < 4.78 is 2.86. The van der Waals surface area contributed by atoms with E-state index in [9.17, 15) is 0 Å². The molecule has 0 unspecified atom stereocenters. The summed E-state index contributed by atoms with van der Waals surface area (Å²) in [5.74, 6) is 0.653. The van der Waals surface area contributed by atoms with Gasteiger partial charge in [-0.2, -0.15) is 4.68 Å². The third-order valence-corrected chi connectivity index (χ3v) is 4.74. The number of fused-ring (bicyclic) bond motifs is 1. The Bertz CT molecular complexity index is 881. The number of tetrazole rings is 1. The molecule has 1 aliphatic heterocycles. The van der Waals surface area contributed by atoms with Gasteiger partial charge in [-0.3, -0.25) is 0 Å². The first-order chi connectivity index (χ1) is 11.7. The van der Waals surface area contributed by atoms with Gasteiger partial charge >= 0.3 is 0 Å². The second kappa shape index (κ2) is 6.20. The van der Waals surface area contributed by atoms with E-state index in [-0.39, 0.29) is 6.04 Å². The Kier molecular flexibility index (Phi) is 3.90. The summed E-state index contributed by atoms with van der Waals surface area (Å²) in [6.45, 7) is 2.16. The van der Waals surface area contributed by atoms with E-state index in [0.717, 1.165) is 27.7 Å². The van der Waals surface area contributed by atoms with Crippen LogP contribution in [0.3, 0.4) is 0 Å². The summed E-state index contributed by atoms with van der Waals surface area (Å²) in [5, 5.41) is 15.4. The summed E-state index contributed by atoms with van der Waals surface area (Å²) in [4.78, 5) is 0. The van der Waals surface area contributed by atoms with Crippen LogP contribution in [0, 0.1) is 0 Å². The van der Waals surface area contributed by atoms with Crippen LogP contribution < -0.4 is 5.32 Å². The van der Waals surface area contributed by atoms with Gasteiger partial charge in [0.1, 0.15) is 6.04 Å². The number of nitrogens with zero attached hydrogens (tertiary/aromatic N) is 4. The highest BCUT2D eigenvalue weighted by Crippen LogP contribution is 2.32. The van der Waals surface area contributed by atoms with E-state index in [1.54, 1.807) is 0 Å². The topological polar surface area (TPSA) is 55.6 Å². The van der Waals surface area contributed by atoms with Crippen molar-refractivity contribution in [3.63, 3.8) is 0 Å². The smallest absolute Gasteiger partial charge is 0.248 e. The lowest BCUT2D eigenvalue weighted by Gasteiger charge is -2.23. The molecule has 24 heavy (non-hydrogen) atoms. The van der Waals surface area contributed by atoms with Crippen LogP contribution in [0.5, 0.6) is 0 Å². The summed E-state index contributed by atoms with van der Waals surface area (Å²) >= 11 is 3.47. The van der Waals surface area contributed by atoms with Crippen molar-refractivity contribution in [2.75, 3.05) is 5.32 Å². The maximum absolute atomic E-state index is 4.14. The van der Waals surface area contributed by atoms with Crippen molar-refractivity contribution < 1.29 is 0 Å². The number of rotatable bonds is 3. The van der Waals surface area contributed by atoms with Gasteiger partial charge in [-0.05, 0) is 51.7 Å². The lowest BCUT2D eigenvalue weighted by Crippen LogP contribution is -2.20. The van der Waals surface area contributed by atoms with Crippen LogP contribution in [0.2, 0.25) is 0 Å². The Hall–Kier alpha value is -2.47. The van der Waals surface area contributed by atoms with E-state index in [1.807, 2.05) is 16.8 Å².